The van der Waals surface area contributed by atoms with Crippen LogP contribution in [0.1, 0.15) is 23.6 Å². The van der Waals surface area contributed by atoms with Crippen LogP contribution in [0.15, 0.2) is 18.2 Å². The van der Waals surface area contributed by atoms with Crippen molar-refractivity contribution in [1.29, 1.82) is 0 Å². The molecule has 1 rings (SSSR count). The van der Waals surface area contributed by atoms with Crippen LogP contribution in [0.3, 0.4) is 0 Å². The van der Waals surface area contributed by atoms with Gasteiger partial charge in [-0.2, -0.15) is 13.2 Å². The van der Waals surface area contributed by atoms with E-state index in [4.69, 9.17) is 10.8 Å². The largest absolute Gasteiger partial charge is 0.416 e. The summed E-state index contributed by atoms with van der Waals surface area (Å²) >= 11 is 0. The summed E-state index contributed by atoms with van der Waals surface area (Å²) in [7, 11) is 0. The number of hydrogen-bond donors (Lipinski definition) is 2. The Labute approximate surface area is 102 Å². The van der Waals surface area contributed by atoms with Crippen LogP contribution in [-0.2, 0) is 6.18 Å². The minimum absolute atomic E-state index is 0. The fourth-order valence-electron chi connectivity index (χ4n) is 1.39. The first kappa shape index (κ1) is 16.1. The summed E-state index contributed by atoms with van der Waals surface area (Å²) in [5, 5.41) is 8.61. The molecule has 0 saturated heterocycles. The molecular weight excluding hydrogens is 262 g/mol. The van der Waals surface area contributed by atoms with Gasteiger partial charge in [0.1, 0.15) is 5.82 Å². The van der Waals surface area contributed by atoms with E-state index < -0.39 is 23.6 Å². The van der Waals surface area contributed by atoms with Crippen LogP contribution in [0.4, 0.5) is 17.6 Å². The van der Waals surface area contributed by atoms with Crippen LogP contribution in [0, 0.1) is 5.82 Å². The number of rotatable bonds is 3. The van der Waals surface area contributed by atoms with Gasteiger partial charge in [-0.05, 0) is 30.2 Å². The molecule has 0 aromatic heterocycles. The van der Waals surface area contributed by atoms with E-state index in [0.717, 1.165) is 12.1 Å². The maximum Gasteiger partial charge on any atom is 0.416 e. The fraction of sp³-hybridized carbons (Fsp3) is 0.400. The third kappa shape index (κ3) is 4.14. The maximum absolute atomic E-state index is 12.9. The molecule has 0 amide bonds. The van der Waals surface area contributed by atoms with Gasteiger partial charge in [-0.25, -0.2) is 4.39 Å². The average Bonchev–Trinajstić information content (AvgIpc) is 2.16. The highest BCUT2D eigenvalue weighted by molar-refractivity contribution is 5.85. The molecule has 0 spiro atoms. The number of halogens is 5. The van der Waals surface area contributed by atoms with E-state index in [1.54, 1.807) is 0 Å². The van der Waals surface area contributed by atoms with Gasteiger partial charge in [0.05, 0.1) is 5.56 Å². The van der Waals surface area contributed by atoms with Gasteiger partial charge in [-0.1, -0.05) is 0 Å². The molecule has 2 nitrogen and oxygen atoms in total. The highest BCUT2D eigenvalue weighted by Gasteiger charge is 2.34. The second-order valence-electron chi connectivity index (χ2n) is 3.35. The van der Waals surface area contributed by atoms with Crippen LogP contribution in [0.5, 0.6) is 0 Å². The minimum Gasteiger partial charge on any atom is -0.396 e. The lowest BCUT2D eigenvalue weighted by Gasteiger charge is -2.17. The lowest BCUT2D eigenvalue weighted by Crippen LogP contribution is -2.18. The van der Waals surface area contributed by atoms with Gasteiger partial charge in [-0.15, -0.1) is 12.4 Å². The predicted octanol–water partition coefficient (Wildman–Crippen LogP) is 2.65. The summed E-state index contributed by atoms with van der Waals surface area (Å²) < 4.78 is 50.5. The lowest BCUT2D eigenvalue weighted by atomic mass is 9.98. The lowest BCUT2D eigenvalue weighted by molar-refractivity contribution is -0.138. The van der Waals surface area contributed by atoms with Crippen molar-refractivity contribution in [2.24, 2.45) is 5.73 Å². The summed E-state index contributed by atoms with van der Waals surface area (Å²) in [5.74, 6) is -0.781. The summed E-state index contributed by atoms with van der Waals surface area (Å²) in [6, 6.07) is 1.11. The number of hydrogen-bond acceptors (Lipinski definition) is 2. The van der Waals surface area contributed by atoms with E-state index in [-0.39, 0.29) is 31.0 Å². The van der Waals surface area contributed by atoms with Crippen LogP contribution in [-0.4, -0.2) is 11.7 Å². The molecule has 0 unspecified atom stereocenters. The smallest absolute Gasteiger partial charge is 0.396 e. The number of benzene rings is 1. The van der Waals surface area contributed by atoms with Crippen LogP contribution in [0.2, 0.25) is 0 Å². The molecule has 0 aliphatic heterocycles. The van der Waals surface area contributed by atoms with E-state index in [1.807, 2.05) is 0 Å². The molecule has 0 aliphatic rings. The molecule has 0 bridgehead atoms. The standard InChI is InChI=1S/C10H11F4NO.ClH/c11-6-1-2-8(10(12,13)14)7(5-6)9(15)3-4-16;/h1-2,5,9,16H,3-4,15H2;1H/t9-;/m0./s1. The molecule has 1 aromatic rings. The van der Waals surface area contributed by atoms with Gasteiger partial charge >= 0.3 is 6.18 Å². The molecule has 3 N–H and O–H groups in total. The number of alkyl halides is 3. The Balaban J connectivity index is 0.00000256. The van der Waals surface area contributed by atoms with E-state index in [2.05, 4.69) is 0 Å². The zero-order chi connectivity index (χ0) is 12.3. The first-order valence-electron chi connectivity index (χ1n) is 4.59. The van der Waals surface area contributed by atoms with Gasteiger partial charge in [0.2, 0.25) is 0 Å². The third-order valence-electron chi connectivity index (χ3n) is 2.16. The molecule has 0 saturated carbocycles. The Kier molecular flexibility index (Phi) is 5.87. The number of aliphatic hydroxyl groups is 1. The molecule has 0 radical (unpaired) electrons. The van der Waals surface area contributed by atoms with E-state index in [0.29, 0.717) is 6.07 Å². The van der Waals surface area contributed by atoms with Crippen molar-refractivity contribution >= 4 is 12.4 Å². The normalized spacial score (nSPS) is 13.1. The van der Waals surface area contributed by atoms with Crippen molar-refractivity contribution in [3.8, 4) is 0 Å². The van der Waals surface area contributed by atoms with Crippen molar-refractivity contribution < 1.29 is 22.7 Å². The highest BCUT2D eigenvalue weighted by atomic mass is 35.5. The quantitative estimate of drug-likeness (QED) is 0.832. The third-order valence-corrected chi connectivity index (χ3v) is 2.16. The molecule has 0 heterocycles. The van der Waals surface area contributed by atoms with Crippen molar-refractivity contribution in [2.75, 3.05) is 6.61 Å². The van der Waals surface area contributed by atoms with Gasteiger partial charge < -0.3 is 10.8 Å². The number of aliphatic hydroxyl groups excluding tert-OH is 1. The van der Waals surface area contributed by atoms with Gasteiger partial charge in [0, 0.05) is 12.6 Å². The molecular formula is C10H12ClF4NO. The van der Waals surface area contributed by atoms with Crippen LogP contribution in [0.25, 0.3) is 0 Å². The molecule has 98 valence electrons. The second kappa shape index (κ2) is 6.18. The van der Waals surface area contributed by atoms with Crippen molar-refractivity contribution in [3.63, 3.8) is 0 Å². The highest BCUT2D eigenvalue weighted by Crippen LogP contribution is 2.35. The Bertz CT molecular complexity index is 370. The van der Waals surface area contributed by atoms with E-state index in [1.165, 1.54) is 0 Å². The topological polar surface area (TPSA) is 46.2 Å². The zero-order valence-corrected chi connectivity index (χ0v) is 9.48. The second-order valence-corrected chi connectivity index (χ2v) is 3.35. The SMILES string of the molecule is Cl.N[C@@H](CCO)c1cc(F)ccc1C(F)(F)F. The minimum atomic E-state index is -4.57. The molecule has 0 fully saturated rings. The summed E-state index contributed by atoms with van der Waals surface area (Å²) in [6.07, 6.45) is -4.62. The Morgan fingerprint density at radius 2 is 1.88 bits per heavy atom. The summed E-state index contributed by atoms with van der Waals surface area (Å²) in [4.78, 5) is 0. The predicted molar refractivity (Wildman–Crippen MR) is 57.3 cm³/mol. The number of nitrogens with two attached hydrogens (primary N) is 1. The Hall–Kier alpha value is -0.850. The van der Waals surface area contributed by atoms with E-state index in [9.17, 15) is 17.6 Å². The van der Waals surface area contributed by atoms with E-state index >= 15 is 0 Å². The van der Waals surface area contributed by atoms with Gasteiger partial charge in [-0.3, -0.25) is 0 Å². The first-order chi connectivity index (χ1) is 7.36. The molecule has 0 aliphatic carbocycles. The Morgan fingerprint density at radius 1 is 1.29 bits per heavy atom. The summed E-state index contributed by atoms with van der Waals surface area (Å²) in [5.41, 5.74) is 4.15. The van der Waals surface area contributed by atoms with Crippen molar-refractivity contribution in [3.05, 3.63) is 35.1 Å². The Morgan fingerprint density at radius 3 is 2.35 bits per heavy atom. The molecule has 7 heteroatoms. The average molecular weight is 274 g/mol. The fourth-order valence-corrected chi connectivity index (χ4v) is 1.39. The van der Waals surface area contributed by atoms with Gasteiger partial charge in [0.15, 0.2) is 0 Å². The van der Waals surface area contributed by atoms with Gasteiger partial charge in [0.25, 0.3) is 0 Å². The summed E-state index contributed by atoms with van der Waals surface area (Å²) in [6.45, 7) is -0.352. The molecule has 1 aromatic carbocycles. The molecule has 17 heavy (non-hydrogen) atoms. The first-order valence-corrected chi connectivity index (χ1v) is 4.59. The molecule has 1 atom stereocenters. The van der Waals surface area contributed by atoms with Crippen LogP contribution >= 0.6 is 12.4 Å². The van der Waals surface area contributed by atoms with Crippen molar-refractivity contribution in [1.82, 2.24) is 0 Å². The zero-order valence-electron chi connectivity index (χ0n) is 8.67. The monoisotopic (exact) mass is 273 g/mol. The maximum atomic E-state index is 12.9. The van der Waals surface area contributed by atoms with Crippen molar-refractivity contribution in [2.45, 2.75) is 18.6 Å². The van der Waals surface area contributed by atoms with Crippen LogP contribution < -0.4 is 5.73 Å².